The molecule has 1 rings (SSSR count). The minimum atomic E-state index is 0.660. The molecule has 1 aromatic rings. The van der Waals surface area contributed by atoms with Crippen molar-refractivity contribution >= 4 is 28.4 Å². The first kappa shape index (κ1) is 13.6. The molecule has 0 aromatic carbocycles. The Morgan fingerprint density at radius 2 is 2.12 bits per heavy atom. The van der Waals surface area contributed by atoms with Crippen molar-refractivity contribution in [2.75, 3.05) is 25.6 Å². The molecule has 0 fully saturated rings. The Bertz CT molecular complexity index is 344. The van der Waals surface area contributed by atoms with E-state index in [4.69, 9.17) is 4.74 Å². The van der Waals surface area contributed by atoms with Gasteiger partial charge in [0, 0.05) is 20.1 Å². The molecule has 1 heterocycles. The van der Waals surface area contributed by atoms with Crippen LogP contribution in [0, 0.1) is 10.5 Å². The maximum Gasteiger partial charge on any atom is 0.143 e. The quantitative estimate of drug-likeness (QED) is 0.811. The maximum absolute atomic E-state index is 5.03. The van der Waals surface area contributed by atoms with Gasteiger partial charge in [0.2, 0.25) is 0 Å². The third kappa shape index (κ3) is 3.86. The summed E-state index contributed by atoms with van der Waals surface area (Å²) in [6, 6.07) is 0. The molecular weight excluding hydrogens is 317 g/mol. The highest BCUT2D eigenvalue weighted by Gasteiger charge is 2.08. The lowest BCUT2D eigenvalue weighted by atomic mass is 10.3. The van der Waals surface area contributed by atoms with Crippen LogP contribution < -0.4 is 5.32 Å². The molecule has 5 heteroatoms. The van der Waals surface area contributed by atoms with E-state index < -0.39 is 0 Å². The predicted octanol–water partition coefficient (Wildman–Crippen LogP) is 2.40. The van der Waals surface area contributed by atoms with Gasteiger partial charge in [-0.3, -0.25) is 0 Å². The Labute approximate surface area is 110 Å². The SMILES string of the molecule is CCCNc1nc(CCOC)nc(C)c1I. The van der Waals surface area contributed by atoms with Gasteiger partial charge < -0.3 is 10.1 Å². The van der Waals surface area contributed by atoms with E-state index in [9.17, 15) is 0 Å². The van der Waals surface area contributed by atoms with Crippen molar-refractivity contribution in [1.82, 2.24) is 9.97 Å². The van der Waals surface area contributed by atoms with Gasteiger partial charge in [-0.05, 0) is 35.9 Å². The summed E-state index contributed by atoms with van der Waals surface area (Å²) in [4.78, 5) is 8.94. The van der Waals surface area contributed by atoms with E-state index in [1.165, 1.54) is 0 Å². The second-order valence-electron chi connectivity index (χ2n) is 3.56. The first-order valence-electron chi connectivity index (χ1n) is 5.44. The van der Waals surface area contributed by atoms with Gasteiger partial charge in [-0.15, -0.1) is 0 Å². The molecule has 4 nitrogen and oxygen atoms in total. The minimum absolute atomic E-state index is 0.660. The fourth-order valence-electron chi connectivity index (χ4n) is 1.28. The number of aryl methyl sites for hydroxylation is 1. The summed E-state index contributed by atoms with van der Waals surface area (Å²) in [6.45, 7) is 5.75. The maximum atomic E-state index is 5.03. The smallest absolute Gasteiger partial charge is 0.143 e. The molecule has 0 unspecified atom stereocenters. The number of ether oxygens (including phenoxy) is 1. The zero-order chi connectivity index (χ0) is 12.0. The molecule has 0 saturated carbocycles. The highest BCUT2D eigenvalue weighted by molar-refractivity contribution is 14.1. The summed E-state index contributed by atoms with van der Waals surface area (Å²) in [5, 5.41) is 3.32. The van der Waals surface area contributed by atoms with Gasteiger partial charge in [0.25, 0.3) is 0 Å². The Morgan fingerprint density at radius 3 is 2.75 bits per heavy atom. The van der Waals surface area contributed by atoms with Gasteiger partial charge >= 0.3 is 0 Å². The first-order chi connectivity index (χ1) is 7.69. The van der Waals surface area contributed by atoms with E-state index in [1.54, 1.807) is 7.11 Å². The summed E-state index contributed by atoms with van der Waals surface area (Å²) in [6.07, 6.45) is 1.85. The lowest BCUT2D eigenvalue weighted by molar-refractivity contribution is 0.200. The van der Waals surface area contributed by atoms with Crippen molar-refractivity contribution in [1.29, 1.82) is 0 Å². The molecule has 0 amide bonds. The van der Waals surface area contributed by atoms with Crippen molar-refractivity contribution in [3.63, 3.8) is 0 Å². The highest BCUT2D eigenvalue weighted by atomic mass is 127. The van der Waals surface area contributed by atoms with Crippen LogP contribution in [-0.2, 0) is 11.2 Å². The molecule has 0 bridgehead atoms. The minimum Gasteiger partial charge on any atom is -0.384 e. The van der Waals surface area contributed by atoms with Crippen molar-refractivity contribution in [2.24, 2.45) is 0 Å². The van der Waals surface area contributed by atoms with Crippen molar-refractivity contribution in [2.45, 2.75) is 26.7 Å². The van der Waals surface area contributed by atoms with Crippen LogP contribution >= 0.6 is 22.6 Å². The van der Waals surface area contributed by atoms with Crippen molar-refractivity contribution in [3.05, 3.63) is 15.1 Å². The molecule has 1 aromatic heterocycles. The van der Waals surface area contributed by atoms with Gasteiger partial charge in [0.1, 0.15) is 11.6 Å². The van der Waals surface area contributed by atoms with Crippen LogP contribution in [0.25, 0.3) is 0 Å². The number of hydrogen-bond donors (Lipinski definition) is 1. The van der Waals surface area contributed by atoms with Crippen LogP contribution in [0.1, 0.15) is 24.9 Å². The van der Waals surface area contributed by atoms with Crippen LogP contribution in [-0.4, -0.2) is 30.2 Å². The van der Waals surface area contributed by atoms with Crippen LogP contribution in [0.3, 0.4) is 0 Å². The fourth-order valence-corrected chi connectivity index (χ4v) is 1.71. The van der Waals surface area contributed by atoms with Crippen molar-refractivity contribution in [3.8, 4) is 0 Å². The number of rotatable bonds is 6. The summed E-state index contributed by atoms with van der Waals surface area (Å²) in [5.74, 6) is 1.79. The third-order valence-corrected chi connectivity index (χ3v) is 3.43. The van der Waals surface area contributed by atoms with Crippen molar-refractivity contribution < 1.29 is 4.74 Å². The van der Waals surface area contributed by atoms with Gasteiger partial charge in [0.05, 0.1) is 15.9 Å². The molecular formula is C11H18IN3O. The Kier molecular flexibility index (Phi) is 5.97. The molecule has 0 aliphatic carbocycles. The topological polar surface area (TPSA) is 47.0 Å². The van der Waals surface area contributed by atoms with E-state index in [0.29, 0.717) is 6.61 Å². The summed E-state index contributed by atoms with van der Waals surface area (Å²) < 4.78 is 6.14. The monoisotopic (exact) mass is 335 g/mol. The standard InChI is InChI=1S/C11H18IN3O/c1-4-6-13-11-10(12)8(2)14-9(15-11)5-7-16-3/h4-7H2,1-3H3,(H,13,14,15). The van der Waals surface area contributed by atoms with Crippen LogP contribution in [0.4, 0.5) is 5.82 Å². The van der Waals surface area contributed by atoms with Crippen LogP contribution in [0.2, 0.25) is 0 Å². The zero-order valence-electron chi connectivity index (χ0n) is 10.0. The highest BCUT2D eigenvalue weighted by Crippen LogP contribution is 2.18. The summed E-state index contributed by atoms with van der Waals surface area (Å²) >= 11 is 2.28. The second kappa shape index (κ2) is 7.01. The van der Waals surface area contributed by atoms with E-state index in [1.807, 2.05) is 6.92 Å². The number of hydrogen-bond acceptors (Lipinski definition) is 4. The van der Waals surface area contributed by atoms with E-state index in [-0.39, 0.29) is 0 Å². The second-order valence-corrected chi connectivity index (χ2v) is 4.64. The van der Waals surface area contributed by atoms with Gasteiger partial charge in [-0.25, -0.2) is 9.97 Å². The van der Waals surface area contributed by atoms with Gasteiger partial charge in [0.15, 0.2) is 0 Å². The van der Waals surface area contributed by atoms with E-state index in [2.05, 4.69) is 44.8 Å². The lowest BCUT2D eigenvalue weighted by Gasteiger charge is -2.10. The number of nitrogens with zero attached hydrogens (tertiary/aromatic N) is 2. The summed E-state index contributed by atoms with van der Waals surface area (Å²) in [5.41, 5.74) is 1.03. The zero-order valence-corrected chi connectivity index (χ0v) is 12.2. The number of methoxy groups -OCH3 is 1. The molecule has 1 N–H and O–H groups in total. The van der Waals surface area contributed by atoms with E-state index >= 15 is 0 Å². The molecule has 90 valence electrons. The number of halogens is 1. The molecule has 0 aliphatic rings. The Morgan fingerprint density at radius 1 is 1.38 bits per heavy atom. The molecule has 0 spiro atoms. The van der Waals surface area contributed by atoms with Gasteiger partial charge in [-0.1, -0.05) is 6.92 Å². The fraction of sp³-hybridized carbons (Fsp3) is 0.636. The molecule has 0 saturated heterocycles. The Balaban J connectivity index is 2.83. The summed E-state index contributed by atoms with van der Waals surface area (Å²) in [7, 11) is 1.69. The van der Waals surface area contributed by atoms with Crippen LogP contribution in [0.15, 0.2) is 0 Å². The number of aromatic nitrogens is 2. The average Bonchev–Trinajstić information content (AvgIpc) is 2.28. The van der Waals surface area contributed by atoms with Gasteiger partial charge in [-0.2, -0.15) is 0 Å². The predicted molar refractivity (Wildman–Crippen MR) is 73.8 cm³/mol. The third-order valence-electron chi connectivity index (χ3n) is 2.14. The number of anilines is 1. The van der Waals surface area contributed by atoms with Crippen LogP contribution in [0.5, 0.6) is 0 Å². The normalized spacial score (nSPS) is 10.5. The molecule has 0 atom stereocenters. The first-order valence-corrected chi connectivity index (χ1v) is 6.52. The number of nitrogens with one attached hydrogen (secondary N) is 1. The molecule has 0 radical (unpaired) electrons. The largest absolute Gasteiger partial charge is 0.384 e. The molecule has 16 heavy (non-hydrogen) atoms. The Hall–Kier alpha value is -0.430. The molecule has 0 aliphatic heterocycles. The average molecular weight is 335 g/mol. The lowest BCUT2D eigenvalue weighted by Crippen LogP contribution is -2.10. The van der Waals surface area contributed by atoms with E-state index in [0.717, 1.165) is 40.3 Å².